The van der Waals surface area contributed by atoms with Crippen molar-refractivity contribution >= 4 is 20.9 Å². The van der Waals surface area contributed by atoms with Crippen LogP contribution in [0, 0.1) is 5.82 Å². The topological polar surface area (TPSA) is 72.1 Å². The number of aromatic nitrogens is 2. The van der Waals surface area contributed by atoms with Crippen LogP contribution in [0.3, 0.4) is 0 Å². The Morgan fingerprint density at radius 2 is 1.97 bits per heavy atom. The number of benzene rings is 1. The molecule has 154 valence electrons. The molecule has 1 unspecified atom stereocenters. The summed E-state index contributed by atoms with van der Waals surface area (Å²) in [5.74, 6) is -0.558. The number of aromatic amines is 1. The Kier molecular flexibility index (Phi) is 6.49. The second kappa shape index (κ2) is 8.88. The van der Waals surface area contributed by atoms with E-state index in [0.717, 1.165) is 16.8 Å². The third-order valence-electron chi connectivity index (χ3n) is 4.59. The quantitative estimate of drug-likeness (QED) is 0.430. The summed E-state index contributed by atoms with van der Waals surface area (Å²) in [5.41, 5.74) is 3.53. The summed E-state index contributed by atoms with van der Waals surface area (Å²) in [7, 11) is -3.39. The molecule has 0 bridgehead atoms. The maximum atomic E-state index is 13.5. The molecule has 29 heavy (non-hydrogen) atoms. The molecule has 0 aliphatic heterocycles. The minimum atomic E-state index is -3.39. The second-order valence-corrected chi connectivity index (χ2v) is 9.23. The van der Waals surface area contributed by atoms with E-state index in [2.05, 4.69) is 16.0 Å². The Hall–Kier alpha value is -2.51. The van der Waals surface area contributed by atoms with Gasteiger partial charge in [0.05, 0.1) is 23.5 Å². The minimum Gasteiger partial charge on any atom is -0.381 e. The van der Waals surface area contributed by atoms with E-state index in [1.807, 2.05) is 39.0 Å². The standard InChI is InChI=1S/C22H25FN2O3S/c1-4-28-9-10-29(26,27)19-7-5-16(6-8-19)20(11-15(2)3)21-13-17-12-18(23)14-24-22(17)25-21/h5-8,11-14,20H,4,9-10H2,1-3H3,(H,24,25). The average molecular weight is 417 g/mol. The molecule has 5 nitrogen and oxygen atoms in total. The van der Waals surface area contributed by atoms with Gasteiger partial charge in [-0.15, -0.1) is 0 Å². The van der Waals surface area contributed by atoms with Crippen molar-refractivity contribution in [1.82, 2.24) is 9.97 Å². The molecule has 2 heterocycles. The van der Waals surface area contributed by atoms with E-state index in [1.54, 1.807) is 12.1 Å². The van der Waals surface area contributed by atoms with Gasteiger partial charge in [0.15, 0.2) is 9.84 Å². The number of hydrogen-bond donors (Lipinski definition) is 1. The van der Waals surface area contributed by atoms with Crippen molar-refractivity contribution in [2.75, 3.05) is 19.0 Å². The van der Waals surface area contributed by atoms with Crippen molar-refractivity contribution in [1.29, 1.82) is 0 Å². The first kappa shape index (κ1) is 21.2. The molecular weight excluding hydrogens is 391 g/mol. The lowest BCUT2D eigenvalue weighted by Crippen LogP contribution is -2.12. The molecule has 1 aromatic carbocycles. The zero-order chi connectivity index (χ0) is 21.0. The Morgan fingerprint density at radius 1 is 1.24 bits per heavy atom. The van der Waals surface area contributed by atoms with Crippen LogP contribution in [0.1, 0.15) is 37.9 Å². The molecule has 0 amide bonds. The average Bonchev–Trinajstić information content (AvgIpc) is 3.09. The number of sulfone groups is 1. The Morgan fingerprint density at radius 3 is 2.62 bits per heavy atom. The number of ether oxygens (including phenoxy) is 1. The summed E-state index contributed by atoms with van der Waals surface area (Å²) in [4.78, 5) is 7.62. The highest BCUT2D eigenvalue weighted by molar-refractivity contribution is 7.91. The number of allylic oxidation sites excluding steroid dienone is 2. The van der Waals surface area contributed by atoms with E-state index in [4.69, 9.17) is 4.74 Å². The summed E-state index contributed by atoms with van der Waals surface area (Å²) in [6.45, 7) is 6.50. The molecule has 0 saturated carbocycles. The van der Waals surface area contributed by atoms with Crippen molar-refractivity contribution in [2.45, 2.75) is 31.6 Å². The summed E-state index contributed by atoms with van der Waals surface area (Å²) >= 11 is 0. The van der Waals surface area contributed by atoms with E-state index in [-0.39, 0.29) is 29.0 Å². The van der Waals surface area contributed by atoms with Crippen LogP contribution in [0.15, 0.2) is 59.1 Å². The molecule has 2 aromatic heterocycles. The third kappa shape index (κ3) is 5.10. The zero-order valence-corrected chi connectivity index (χ0v) is 17.6. The third-order valence-corrected chi connectivity index (χ3v) is 6.29. The van der Waals surface area contributed by atoms with Gasteiger partial charge in [0, 0.05) is 23.6 Å². The minimum absolute atomic E-state index is 0.0448. The van der Waals surface area contributed by atoms with Crippen molar-refractivity contribution < 1.29 is 17.5 Å². The van der Waals surface area contributed by atoms with Crippen LogP contribution in [-0.2, 0) is 14.6 Å². The van der Waals surface area contributed by atoms with Gasteiger partial charge in [-0.25, -0.2) is 17.8 Å². The first-order valence-corrected chi connectivity index (χ1v) is 11.1. The molecule has 0 radical (unpaired) electrons. The molecular formula is C22H25FN2O3S. The van der Waals surface area contributed by atoms with Crippen LogP contribution >= 0.6 is 0 Å². The van der Waals surface area contributed by atoms with Crippen molar-refractivity contribution in [3.8, 4) is 0 Å². The molecule has 3 aromatic rings. The van der Waals surface area contributed by atoms with E-state index < -0.39 is 9.84 Å². The lowest BCUT2D eigenvalue weighted by atomic mass is 9.94. The number of nitrogens with zero attached hydrogens (tertiary/aromatic N) is 1. The maximum absolute atomic E-state index is 13.5. The number of rotatable bonds is 8. The number of H-pyrrole nitrogens is 1. The molecule has 3 rings (SSSR count). The fraction of sp³-hybridized carbons (Fsp3) is 0.318. The smallest absolute Gasteiger partial charge is 0.180 e. The number of fused-ring (bicyclic) bond motifs is 1. The molecule has 0 aliphatic carbocycles. The van der Waals surface area contributed by atoms with Crippen molar-refractivity contribution in [2.24, 2.45) is 0 Å². The highest BCUT2D eigenvalue weighted by Gasteiger charge is 2.18. The molecule has 0 saturated heterocycles. The molecule has 0 fully saturated rings. The highest BCUT2D eigenvalue weighted by atomic mass is 32.2. The van der Waals surface area contributed by atoms with E-state index in [9.17, 15) is 12.8 Å². The van der Waals surface area contributed by atoms with Gasteiger partial charge in [-0.2, -0.15) is 0 Å². The monoisotopic (exact) mass is 416 g/mol. The van der Waals surface area contributed by atoms with Gasteiger partial charge >= 0.3 is 0 Å². The summed E-state index contributed by atoms with van der Waals surface area (Å²) in [5, 5.41) is 0.697. The molecule has 1 N–H and O–H groups in total. The van der Waals surface area contributed by atoms with Gasteiger partial charge in [-0.3, -0.25) is 0 Å². The fourth-order valence-corrected chi connectivity index (χ4v) is 4.31. The molecule has 0 spiro atoms. The van der Waals surface area contributed by atoms with E-state index >= 15 is 0 Å². The largest absolute Gasteiger partial charge is 0.381 e. The SMILES string of the molecule is CCOCCS(=O)(=O)c1ccc(C(C=C(C)C)c2cc3cc(F)cnc3[nH]2)cc1. The van der Waals surface area contributed by atoms with Gasteiger partial charge in [0.1, 0.15) is 11.5 Å². The normalized spacial score (nSPS) is 12.8. The van der Waals surface area contributed by atoms with Crippen molar-refractivity contribution in [3.05, 3.63) is 71.3 Å². The fourth-order valence-electron chi connectivity index (χ4n) is 3.19. The summed E-state index contributed by atoms with van der Waals surface area (Å²) in [6.07, 6.45) is 3.26. The number of hydrogen-bond acceptors (Lipinski definition) is 4. The van der Waals surface area contributed by atoms with Crippen LogP contribution in [0.4, 0.5) is 4.39 Å². The van der Waals surface area contributed by atoms with Crippen LogP contribution < -0.4 is 0 Å². The molecule has 1 atom stereocenters. The Bertz CT molecular complexity index is 1110. The molecule has 7 heteroatoms. The number of pyridine rings is 1. The van der Waals surface area contributed by atoms with Gasteiger partial charge in [0.25, 0.3) is 0 Å². The second-order valence-electron chi connectivity index (χ2n) is 7.12. The highest BCUT2D eigenvalue weighted by Crippen LogP contribution is 2.30. The van der Waals surface area contributed by atoms with Gasteiger partial charge in [-0.1, -0.05) is 23.8 Å². The van der Waals surface area contributed by atoms with Crippen LogP contribution in [0.2, 0.25) is 0 Å². The zero-order valence-electron chi connectivity index (χ0n) is 16.8. The maximum Gasteiger partial charge on any atom is 0.180 e. The number of nitrogens with one attached hydrogen (secondary N) is 1. The molecule has 0 aliphatic rings. The predicted molar refractivity (Wildman–Crippen MR) is 112 cm³/mol. The first-order valence-electron chi connectivity index (χ1n) is 9.50. The van der Waals surface area contributed by atoms with E-state index in [0.29, 0.717) is 17.6 Å². The Balaban J connectivity index is 1.94. The van der Waals surface area contributed by atoms with Crippen LogP contribution in [0.25, 0.3) is 11.0 Å². The predicted octanol–water partition coefficient (Wildman–Crippen LogP) is 4.61. The first-order chi connectivity index (χ1) is 13.8. The lowest BCUT2D eigenvalue weighted by Gasteiger charge is -2.14. The van der Waals surface area contributed by atoms with Gasteiger partial charge in [-0.05, 0) is 50.6 Å². The number of halogens is 1. The van der Waals surface area contributed by atoms with Crippen LogP contribution in [-0.4, -0.2) is 37.4 Å². The van der Waals surface area contributed by atoms with Crippen LogP contribution in [0.5, 0.6) is 0 Å². The van der Waals surface area contributed by atoms with E-state index in [1.165, 1.54) is 12.3 Å². The summed E-state index contributed by atoms with van der Waals surface area (Å²) in [6, 6.07) is 10.2. The van der Waals surface area contributed by atoms with Crippen molar-refractivity contribution in [3.63, 3.8) is 0 Å². The van der Waals surface area contributed by atoms with Gasteiger partial charge < -0.3 is 9.72 Å². The Labute approximate surface area is 170 Å². The summed E-state index contributed by atoms with van der Waals surface area (Å²) < 4.78 is 43.5. The van der Waals surface area contributed by atoms with Gasteiger partial charge in [0.2, 0.25) is 0 Å². The lowest BCUT2D eigenvalue weighted by molar-refractivity contribution is 0.163.